The first-order valence-electron chi connectivity index (χ1n) is 7.06. The van der Waals surface area contributed by atoms with E-state index in [1.54, 1.807) is 4.68 Å². The van der Waals surface area contributed by atoms with Crippen molar-refractivity contribution >= 4 is 25.4 Å². The Balaban J connectivity index is 1.90. The normalized spacial score (nSPS) is 11.7. The van der Waals surface area contributed by atoms with E-state index >= 15 is 0 Å². The molecule has 0 spiro atoms. The summed E-state index contributed by atoms with van der Waals surface area (Å²) in [5.74, 6) is 0.387. The van der Waals surface area contributed by atoms with Crippen LogP contribution in [0.1, 0.15) is 11.1 Å². The SMILES string of the molecule is Cc1cccc(Pc2ccccc2C=Nn2cccc2)c1O. The molecule has 0 bridgehead atoms. The van der Waals surface area contributed by atoms with Crippen LogP contribution in [0.2, 0.25) is 0 Å². The Morgan fingerprint density at radius 2 is 1.68 bits per heavy atom. The molecule has 110 valence electrons. The molecule has 3 rings (SSSR count). The van der Waals surface area contributed by atoms with Crippen LogP contribution in [0, 0.1) is 6.92 Å². The van der Waals surface area contributed by atoms with Crippen molar-refractivity contribution in [2.75, 3.05) is 0 Å². The molecule has 3 nitrogen and oxygen atoms in total. The van der Waals surface area contributed by atoms with Gasteiger partial charge in [-0.1, -0.05) is 51.0 Å². The Bertz CT molecular complexity index is 795. The fourth-order valence-corrected chi connectivity index (χ4v) is 3.42. The number of rotatable bonds is 4. The Hall–Kier alpha value is -2.38. The molecular formula is C18H17N2OP. The van der Waals surface area contributed by atoms with Crippen LogP contribution >= 0.6 is 8.58 Å². The zero-order valence-corrected chi connectivity index (χ0v) is 13.3. The van der Waals surface area contributed by atoms with Gasteiger partial charge in [0, 0.05) is 23.3 Å². The lowest BCUT2D eigenvalue weighted by Crippen LogP contribution is -2.09. The molecule has 0 radical (unpaired) electrons. The number of aromatic hydroxyl groups is 1. The lowest BCUT2D eigenvalue weighted by molar-refractivity contribution is 0.475. The van der Waals surface area contributed by atoms with Gasteiger partial charge in [-0.3, -0.25) is 0 Å². The van der Waals surface area contributed by atoms with Crippen molar-refractivity contribution in [1.82, 2.24) is 4.68 Å². The molecule has 2 aromatic carbocycles. The van der Waals surface area contributed by atoms with Crippen LogP contribution < -0.4 is 10.6 Å². The number of nitrogens with zero attached hydrogens (tertiary/aromatic N) is 2. The number of aromatic nitrogens is 1. The second-order valence-electron chi connectivity index (χ2n) is 4.99. The predicted octanol–water partition coefficient (Wildman–Crippen LogP) is 3.01. The highest BCUT2D eigenvalue weighted by Crippen LogP contribution is 2.22. The molecule has 1 aromatic heterocycles. The number of aryl methyl sites for hydroxylation is 1. The minimum Gasteiger partial charge on any atom is -0.507 e. The van der Waals surface area contributed by atoms with Gasteiger partial charge in [-0.2, -0.15) is 5.10 Å². The molecule has 3 aromatic rings. The second-order valence-corrected chi connectivity index (χ2v) is 6.32. The Morgan fingerprint density at radius 1 is 0.955 bits per heavy atom. The molecular weight excluding hydrogens is 291 g/mol. The van der Waals surface area contributed by atoms with Crippen molar-refractivity contribution < 1.29 is 5.11 Å². The quantitative estimate of drug-likeness (QED) is 0.584. The zero-order valence-electron chi connectivity index (χ0n) is 12.3. The number of hydrogen-bond acceptors (Lipinski definition) is 2. The highest BCUT2D eigenvalue weighted by atomic mass is 31.1. The van der Waals surface area contributed by atoms with Crippen molar-refractivity contribution in [2.45, 2.75) is 6.92 Å². The van der Waals surface area contributed by atoms with Gasteiger partial charge >= 0.3 is 0 Å². The third-order valence-corrected chi connectivity index (χ3v) is 4.78. The van der Waals surface area contributed by atoms with E-state index in [-0.39, 0.29) is 0 Å². The van der Waals surface area contributed by atoms with Gasteiger partial charge in [0.05, 0.1) is 6.21 Å². The van der Waals surface area contributed by atoms with Gasteiger partial charge in [0.2, 0.25) is 0 Å². The van der Waals surface area contributed by atoms with E-state index in [1.165, 1.54) is 5.30 Å². The summed E-state index contributed by atoms with van der Waals surface area (Å²) in [6.07, 6.45) is 5.65. The van der Waals surface area contributed by atoms with Crippen molar-refractivity contribution in [3.8, 4) is 5.75 Å². The van der Waals surface area contributed by atoms with Crippen LogP contribution in [0.25, 0.3) is 0 Å². The fourth-order valence-electron chi connectivity index (χ4n) is 2.16. The van der Waals surface area contributed by atoms with E-state index in [2.05, 4.69) is 11.2 Å². The second kappa shape index (κ2) is 6.59. The molecule has 0 saturated carbocycles. The summed E-state index contributed by atoms with van der Waals surface area (Å²) in [4.78, 5) is 0. The molecule has 0 aliphatic carbocycles. The molecule has 1 atom stereocenters. The van der Waals surface area contributed by atoms with Crippen LogP contribution in [-0.2, 0) is 0 Å². The highest BCUT2D eigenvalue weighted by molar-refractivity contribution is 7.56. The molecule has 0 aliphatic rings. The monoisotopic (exact) mass is 308 g/mol. The average Bonchev–Trinajstić information content (AvgIpc) is 3.04. The van der Waals surface area contributed by atoms with Crippen LogP contribution in [-0.4, -0.2) is 16.0 Å². The molecule has 1 N–H and O–H groups in total. The van der Waals surface area contributed by atoms with E-state index in [9.17, 15) is 5.11 Å². The molecule has 1 heterocycles. The van der Waals surface area contributed by atoms with Crippen LogP contribution in [0.5, 0.6) is 5.75 Å². The lowest BCUT2D eigenvalue weighted by atomic mass is 10.2. The standard InChI is InChI=1S/C18H17N2OP/c1-14-7-6-10-17(18(14)21)22-16-9-3-2-8-15(16)13-19-20-11-4-5-12-20/h2-13,21-22H,1H3. The first kappa shape index (κ1) is 14.6. The van der Waals surface area contributed by atoms with Crippen LogP contribution in [0.4, 0.5) is 0 Å². The highest BCUT2D eigenvalue weighted by Gasteiger charge is 2.07. The smallest absolute Gasteiger partial charge is 0.126 e. The van der Waals surface area contributed by atoms with Crippen molar-refractivity contribution in [3.05, 3.63) is 78.1 Å². The summed E-state index contributed by atoms with van der Waals surface area (Å²) in [7, 11) is 0.395. The van der Waals surface area contributed by atoms with Crippen molar-refractivity contribution in [3.63, 3.8) is 0 Å². The van der Waals surface area contributed by atoms with Gasteiger partial charge in [0.25, 0.3) is 0 Å². The summed E-state index contributed by atoms with van der Waals surface area (Å²) >= 11 is 0. The Morgan fingerprint density at radius 3 is 2.50 bits per heavy atom. The van der Waals surface area contributed by atoms with E-state index in [0.29, 0.717) is 14.3 Å². The number of phenols is 1. The van der Waals surface area contributed by atoms with Gasteiger partial charge in [0.1, 0.15) is 5.75 Å². The van der Waals surface area contributed by atoms with Gasteiger partial charge in [-0.25, -0.2) is 4.68 Å². The topological polar surface area (TPSA) is 37.5 Å². The van der Waals surface area contributed by atoms with Crippen LogP contribution in [0.15, 0.2) is 72.1 Å². The fraction of sp³-hybridized carbons (Fsp3) is 0.0556. The van der Waals surface area contributed by atoms with Gasteiger partial charge in [-0.15, -0.1) is 0 Å². The summed E-state index contributed by atoms with van der Waals surface area (Å²) in [5.41, 5.74) is 1.97. The van der Waals surface area contributed by atoms with E-state index in [4.69, 9.17) is 0 Å². The van der Waals surface area contributed by atoms with Crippen molar-refractivity contribution in [1.29, 1.82) is 0 Å². The number of benzene rings is 2. The summed E-state index contributed by atoms with van der Waals surface area (Å²) in [6, 6.07) is 17.9. The summed E-state index contributed by atoms with van der Waals surface area (Å²) < 4.78 is 1.77. The van der Waals surface area contributed by atoms with E-state index in [0.717, 1.165) is 16.4 Å². The van der Waals surface area contributed by atoms with E-state index < -0.39 is 0 Å². The maximum Gasteiger partial charge on any atom is 0.126 e. The minimum atomic E-state index is 0.387. The van der Waals surface area contributed by atoms with E-state index in [1.807, 2.05) is 74.1 Å². The van der Waals surface area contributed by atoms with Gasteiger partial charge < -0.3 is 5.11 Å². The van der Waals surface area contributed by atoms with Crippen LogP contribution in [0.3, 0.4) is 0 Å². The molecule has 22 heavy (non-hydrogen) atoms. The van der Waals surface area contributed by atoms with Gasteiger partial charge in [0.15, 0.2) is 0 Å². The molecule has 0 aliphatic heterocycles. The summed E-state index contributed by atoms with van der Waals surface area (Å²) in [6.45, 7) is 1.92. The maximum absolute atomic E-state index is 10.2. The predicted molar refractivity (Wildman–Crippen MR) is 94.3 cm³/mol. The maximum atomic E-state index is 10.2. The molecule has 0 fully saturated rings. The first-order chi connectivity index (χ1) is 10.7. The molecule has 4 heteroatoms. The minimum absolute atomic E-state index is 0.387. The summed E-state index contributed by atoms with van der Waals surface area (Å²) in [5, 5.41) is 16.7. The third kappa shape index (κ3) is 3.26. The molecule has 0 saturated heterocycles. The first-order valence-corrected chi connectivity index (χ1v) is 8.06. The zero-order chi connectivity index (χ0) is 15.4. The molecule has 1 unspecified atom stereocenters. The lowest BCUT2D eigenvalue weighted by Gasteiger charge is -2.09. The number of para-hydroxylation sites is 1. The van der Waals surface area contributed by atoms with Gasteiger partial charge in [-0.05, 0) is 29.9 Å². The average molecular weight is 308 g/mol. The number of hydrogen-bond donors (Lipinski definition) is 1. The largest absolute Gasteiger partial charge is 0.507 e. The van der Waals surface area contributed by atoms with Crippen molar-refractivity contribution in [2.24, 2.45) is 5.10 Å². The third-order valence-electron chi connectivity index (χ3n) is 3.39. The Labute approximate surface area is 131 Å². The Kier molecular flexibility index (Phi) is 4.36. The number of phenolic OH excluding ortho intramolecular Hbond substituents is 1. The molecule has 0 amide bonds.